The fraction of sp³-hybridized carbons (Fsp3) is 0.350. The highest BCUT2D eigenvalue weighted by Crippen LogP contribution is 2.28. The average molecular weight is 375 g/mol. The fourth-order valence-electron chi connectivity index (χ4n) is 2.52. The first-order chi connectivity index (χ1) is 12.5. The van der Waals surface area contributed by atoms with Crippen molar-refractivity contribution in [2.24, 2.45) is 0 Å². The summed E-state index contributed by atoms with van der Waals surface area (Å²) in [6.07, 6.45) is 3.93. The summed E-state index contributed by atoms with van der Waals surface area (Å²) in [6.45, 7) is 2.44. The fourth-order valence-corrected chi connectivity index (χ4v) is 3.45. The summed E-state index contributed by atoms with van der Waals surface area (Å²) >= 11 is 1.69. The summed E-state index contributed by atoms with van der Waals surface area (Å²) in [5.41, 5.74) is 1.02. The predicted octanol–water partition coefficient (Wildman–Crippen LogP) is 3.59. The Morgan fingerprint density at radius 1 is 1.31 bits per heavy atom. The van der Waals surface area contributed by atoms with Crippen LogP contribution in [0.15, 0.2) is 41.8 Å². The van der Waals surface area contributed by atoms with E-state index >= 15 is 0 Å². The number of amides is 1. The summed E-state index contributed by atoms with van der Waals surface area (Å²) in [5, 5.41) is 4.98. The van der Waals surface area contributed by atoms with Gasteiger partial charge in [-0.05, 0) is 50.2 Å². The smallest absolute Gasteiger partial charge is 0.258 e. The first-order valence-electron chi connectivity index (χ1n) is 8.45. The van der Waals surface area contributed by atoms with Gasteiger partial charge in [-0.2, -0.15) is 0 Å². The third-order valence-electron chi connectivity index (χ3n) is 3.89. The van der Waals surface area contributed by atoms with Crippen LogP contribution in [0.2, 0.25) is 0 Å². The molecule has 0 saturated carbocycles. The number of methoxy groups -OCH3 is 1. The second kappa shape index (κ2) is 9.99. The third kappa shape index (κ3) is 5.61. The normalized spacial score (nSPS) is 12.3. The van der Waals surface area contributed by atoms with E-state index in [2.05, 4.69) is 16.3 Å². The zero-order chi connectivity index (χ0) is 18.9. The molecule has 1 N–H and O–H groups in total. The van der Waals surface area contributed by atoms with Gasteiger partial charge in [-0.15, -0.1) is 11.3 Å². The first kappa shape index (κ1) is 20.0. The number of benzene rings is 1. The van der Waals surface area contributed by atoms with E-state index in [9.17, 15) is 4.79 Å². The van der Waals surface area contributed by atoms with Gasteiger partial charge in [0.05, 0.1) is 13.2 Å². The molecule has 0 aliphatic rings. The maximum absolute atomic E-state index is 12.2. The second-order valence-corrected chi connectivity index (χ2v) is 6.98. The summed E-state index contributed by atoms with van der Waals surface area (Å²) in [6, 6.07) is 9.87. The topological polar surface area (TPSA) is 50.8 Å². The highest BCUT2D eigenvalue weighted by Gasteiger charge is 2.16. The molecule has 0 bridgehead atoms. The van der Waals surface area contributed by atoms with Gasteiger partial charge in [0.25, 0.3) is 5.91 Å². The Balaban J connectivity index is 1.90. The maximum Gasteiger partial charge on any atom is 0.258 e. The van der Waals surface area contributed by atoms with Crippen LogP contribution >= 0.6 is 11.3 Å². The molecule has 1 aromatic heterocycles. The number of ether oxygens (including phenoxy) is 2. The van der Waals surface area contributed by atoms with Crippen molar-refractivity contribution in [3.05, 3.63) is 52.2 Å². The molecule has 0 aliphatic carbocycles. The van der Waals surface area contributed by atoms with Gasteiger partial charge in [-0.1, -0.05) is 24.3 Å². The molecular formula is C20H26N2O3S. The maximum atomic E-state index is 12.2. The van der Waals surface area contributed by atoms with Crippen LogP contribution < -0.4 is 14.8 Å². The van der Waals surface area contributed by atoms with Crippen molar-refractivity contribution in [3.8, 4) is 11.5 Å². The molecule has 1 amide bonds. The predicted molar refractivity (Wildman–Crippen MR) is 107 cm³/mol. The van der Waals surface area contributed by atoms with Crippen LogP contribution in [0.4, 0.5) is 0 Å². The van der Waals surface area contributed by atoms with Gasteiger partial charge in [-0.3, -0.25) is 4.79 Å². The van der Waals surface area contributed by atoms with E-state index in [-0.39, 0.29) is 18.6 Å². The SMILES string of the molecule is C/C=C/c1ccc(OCC(=O)NCC(c2cccs2)N(C)C)c(OC)c1. The molecule has 2 aromatic rings. The number of hydrogen-bond donors (Lipinski definition) is 1. The molecule has 5 nitrogen and oxygen atoms in total. The lowest BCUT2D eigenvalue weighted by Gasteiger charge is -2.23. The van der Waals surface area contributed by atoms with Crippen molar-refractivity contribution in [1.82, 2.24) is 10.2 Å². The monoisotopic (exact) mass is 374 g/mol. The lowest BCUT2D eigenvalue weighted by molar-refractivity contribution is -0.123. The van der Waals surface area contributed by atoms with E-state index in [1.165, 1.54) is 4.88 Å². The molecule has 0 fully saturated rings. The van der Waals surface area contributed by atoms with E-state index in [1.54, 1.807) is 18.4 Å². The highest BCUT2D eigenvalue weighted by molar-refractivity contribution is 7.10. The number of nitrogens with zero attached hydrogens (tertiary/aromatic N) is 1. The summed E-state index contributed by atoms with van der Waals surface area (Å²) < 4.78 is 11.0. The number of nitrogens with one attached hydrogen (secondary N) is 1. The van der Waals surface area contributed by atoms with E-state index in [4.69, 9.17) is 9.47 Å². The molecular weight excluding hydrogens is 348 g/mol. The quantitative estimate of drug-likeness (QED) is 0.729. The lowest BCUT2D eigenvalue weighted by atomic mass is 10.2. The zero-order valence-electron chi connectivity index (χ0n) is 15.7. The van der Waals surface area contributed by atoms with Gasteiger partial charge in [0.1, 0.15) is 0 Å². The number of rotatable bonds is 9. The molecule has 140 valence electrons. The minimum atomic E-state index is -0.159. The zero-order valence-corrected chi connectivity index (χ0v) is 16.5. The van der Waals surface area contributed by atoms with Crippen LogP contribution in [0.5, 0.6) is 11.5 Å². The highest BCUT2D eigenvalue weighted by atomic mass is 32.1. The lowest BCUT2D eigenvalue weighted by Crippen LogP contribution is -2.36. The van der Waals surface area contributed by atoms with E-state index in [0.717, 1.165) is 5.56 Å². The van der Waals surface area contributed by atoms with Gasteiger partial charge in [0.15, 0.2) is 18.1 Å². The van der Waals surface area contributed by atoms with Crippen molar-refractivity contribution >= 4 is 23.3 Å². The van der Waals surface area contributed by atoms with E-state index in [1.807, 2.05) is 62.8 Å². The molecule has 1 aromatic carbocycles. The van der Waals surface area contributed by atoms with Crippen molar-refractivity contribution in [2.75, 3.05) is 34.4 Å². The van der Waals surface area contributed by atoms with E-state index in [0.29, 0.717) is 18.0 Å². The first-order valence-corrected chi connectivity index (χ1v) is 9.33. The summed E-state index contributed by atoms with van der Waals surface area (Å²) in [5.74, 6) is 1.00. The van der Waals surface area contributed by atoms with Gasteiger partial charge in [-0.25, -0.2) is 0 Å². The van der Waals surface area contributed by atoms with Crippen LogP contribution in [0.3, 0.4) is 0 Å². The molecule has 6 heteroatoms. The Bertz CT molecular complexity index is 727. The standard InChI is InChI=1S/C20H26N2O3S/c1-5-7-15-9-10-17(18(12-15)24-4)25-14-20(23)21-13-16(22(2)3)19-8-6-11-26-19/h5-12,16H,13-14H2,1-4H3,(H,21,23)/b7-5+. The third-order valence-corrected chi connectivity index (χ3v) is 4.87. The van der Waals surface area contributed by atoms with Gasteiger partial charge in [0, 0.05) is 11.4 Å². The number of thiophene rings is 1. The Morgan fingerprint density at radius 2 is 2.12 bits per heavy atom. The Labute approximate surface area is 159 Å². The minimum Gasteiger partial charge on any atom is -0.493 e. The van der Waals surface area contributed by atoms with Crippen LogP contribution in [0, 0.1) is 0 Å². The van der Waals surface area contributed by atoms with Crippen molar-refractivity contribution < 1.29 is 14.3 Å². The molecule has 0 radical (unpaired) electrons. The van der Waals surface area contributed by atoms with Crippen LogP contribution in [-0.2, 0) is 4.79 Å². The Morgan fingerprint density at radius 3 is 2.73 bits per heavy atom. The summed E-state index contributed by atoms with van der Waals surface area (Å²) in [7, 11) is 5.60. The van der Waals surface area contributed by atoms with Gasteiger partial charge in [0.2, 0.25) is 0 Å². The van der Waals surface area contributed by atoms with Crippen LogP contribution in [-0.4, -0.2) is 45.2 Å². The molecule has 2 rings (SSSR count). The number of carbonyl (C=O) groups is 1. The molecule has 0 spiro atoms. The molecule has 1 heterocycles. The summed E-state index contributed by atoms with van der Waals surface area (Å²) in [4.78, 5) is 15.5. The molecule has 1 unspecified atom stereocenters. The largest absolute Gasteiger partial charge is 0.493 e. The molecule has 0 saturated heterocycles. The Kier molecular flexibility index (Phi) is 7.69. The number of carbonyl (C=O) groups excluding carboxylic acids is 1. The van der Waals surface area contributed by atoms with Crippen LogP contribution in [0.25, 0.3) is 6.08 Å². The van der Waals surface area contributed by atoms with Crippen molar-refractivity contribution in [3.63, 3.8) is 0 Å². The van der Waals surface area contributed by atoms with Gasteiger partial charge < -0.3 is 19.7 Å². The van der Waals surface area contributed by atoms with Crippen molar-refractivity contribution in [2.45, 2.75) is 13.0 Å². The minimum absolute atomic E-state index is 0.0517. The average Bonchev–Trinajstić information content (AvgIpc) is 3.15. The van der Waals surface area contributed by atoms with E-state index < -0.39 is 0 Å². The number of allylic oxidation sites excluding steroid dienone is 1. The van der Waals surface area contributed by atoms with Crippen molar-refractivity contribution in [1.29, 1.82) is 0 Å². The second-order valence-electron chi connectivity index (χ2n) is 6.00. The number of likely N-dealkylation sites (N-methyl/N-ethyl adjacent to an activating group) is 1. The Hall–Kier alpha value is -2.31. The van der Waals surface area contributed by atoms with Gasteiger partial charge >= 0.3 is 0 Å². The van der Waals surface area contributed by atoms with Crippen LogP contribution in [0.1, 0.15) is 23.4 Å². The molecule has 26 heavy (non-hydrogen) atoms. The number of hydrogen-bond acceptors (Lipinski definition) is 5. The molecule has 0 aliphatic heterocycles. The molecule has 1 atom stereocenters.